The number of aromatic nitrogens is 2. The van der Waals surface area contributed by atoms with Gasteiger partial charge in [-0.05, 0) is 12.1 Å². The van der Waals surface area contributed by atoms with E-state index in [-0.39, 0.29) is 28.6 Å². The molecule has 1 aliphatic rings. The Morgan fingerprint density at radius 1 is 1.29 bits per heavy atom. The number of aromatic carboxylic acids is 1. The zero-order valence-electron chi connectivity index (χ0n) is 10.8. The first-order valence-electron chi connectivity index (χ1n) is 5.79. The van der Waals surface area contributed by atoms with Gasteiger partial charge in [0.15, 0.2) is 21.3 Å². The molecule has 0 fully saturated rings. The molecular formula is C12H10N2O6S. The summed E-state index contributed by atoms with van der Waals surface area (Å²) >= 11 is 0. The molecule has 0 unspecified atom stereocenters. The van der Waals surface area contributed by atoms with Gasteiger partial charge in [0.25, 0.3) is 0 Å². The van der Waals surface area contributed by atoms with Crippen molar-refractivity contribution in [3.05, 3.63) is 23.9 Å². The van der Waals surface area contributed by atoms with Gasteiger partial charge in [0.05, 0.1) is 10.6 Å². The van der Waals surface area contributed by atoms with Crippen molar-refractivity contribution in [1.29, 1.82) is 0 Å². The quantitative estimate of drug-likeness (QED) is 0.864. The number of sulfone groups is 1. The Morgan fingerprint density at radius 2 is 1.95 bits per heavy atom. The number of ether oxygens (including phenoxy) is 2. The number of rotatable bonds is 3. The number of nitrogens with one attached hydrogen (secondary N) is 1. The molecule has 8 nitrogen and oxygen atoms in total. The molecule has 3 rings (SSSR count). The molecule has 0 saturated carbocycles. The number of carboxylic acids is 1. The van der Waals surface area contributed by atoms with E-state index < -0.39 is 15.8 Å². The Hall–Kier alpha value is -2.55. The Balaban J connectivity index is 2.22. The van der Waals surface area contributed by atoms with Gasteiger partial charge < -0.3 is 14.6 Å². The maximum absolute atomic E-state index is 11.9. The maximum atomic E-state index is 11.9. The second-order valence-electron chi connectivity index (χ2n) is 4.45. The standard InChI is InChI=1S/C12H10N2O6S/c1-21(17,18)11-4-10-9(19-5-20-10)2-6(11)7-3-8(12(15)16)14-13-7/h2-4H,5H2,1H3,(H,13,14)(H,15,16). The smallest absolute Gasteiger partial charge is 0.353 e. The van der Waals surface area contributed by atoms with E-state index in [2.05, 4.69) is 10.2 Å². The molecule has 0 atom stereocenters. The van der Waals surface area contributed by atoms with Crippen LogP contribution in [-0.4, -0.2) is 42.7 Å². The number of fused-ring (bicyclic) bond motifs is 1. The van der Waals surface area contributed by atoms with Crippen molar-refractivity contribution in [3.8, 4) is 22.8 Å². The number of nitrogens with zero attached hydrogens (tertiary/aromatic N) is 1. The lowest BCUT2D eigenvalue weighted by atomic mass is 10.1. The van der Waals surface area contributed by atoms with E-state index in [0.29, 0.717) is 11.5 Å². The Morgan fingerprint density at radius 3 is 2.52 bits per heavy atom. The van der Waals surface area contributed by atoms with Crippen LogP contribution in [0.5, 0.6) is 11.5 Å². The molecule has 2 aromatic rings. The van der Waals surface area contributed by atoms with Crippen molar-refractivity contribution < 1.29 is 27.8 Å². The topological polar surface area (TPSA) is 119 Å². The number of benzene rings is 1. The highest BCUT2D eigenvalue weighted by molar-refractivity contribution is 7.90. The summed E-state index contributed by atoms with van der Waals surface area (Å²) in [5.41, 5.74) is 0.318. The van der Waals surface area contributed by atoms with E-state index in [9.17, 15) is 13.2 Å². The lowest BCUT2D eigenvalue weighted by molar-refractivity contribution is 0.0690. The van der Waals surface area contributed by atoms with Crippen LogP contribution < -0.4 is 9.47 Å². The fraction of sp³-hybridized carbons (Fsp3) is 0.167. The molecule has 0 bridgehead atoms. The highest BCUT2D eigenvalue weighted by Gasteiger charge is 2.24. The minimum Gasteiger partial charge on any atom is -0.477 e. The number of hydrogen-bond acceptors (Lipinski definition) is 6. The normalized spacial score (nSPS) is 13.4. The Labute approximate surface area is 119 Å². The fourth-order valence-electron chi connectivity index (χ4n) is 2.00. The van der Waals surface area contributed by atoms with E-state index in [1.54, 1.807) is 0 Å². The maximum Gasteiger partial charge on any atom is 0.353 e. The SMILES string of the molecule is CS(=O)(=O)c1cc2c(cc1-c1cc(C(=O)O)[nH]n1)OCO2. The lowest BCUT2D eigenvalue weighted by Crippen LogP contribution is -2.00. The van der Waals surface area contributed by atoms with Crippen LogP contribution in [-0.2, 0) is 9.84 Å². The summed E-state index contributed by atoms with van der Waals surface area (Å²) < 4.78 is 34.2. The third-order valence-electron chi connectivity index (χ3n) is 2.96. The predicted octanol–water partition coefficient (Wildman–Crippen LogP) is 0.907. The van der Waals surface area contributed by atoms with Crippen LogP contribution in [0.25, 0.3) is 11.3 Å². The summed E-state index contributed by atoms with van der Waals surface area (Å²) in [6.45, 7) is 0.00291. The number of aromatic amines is 1. The molecule has 0 aliphatic carbocycles. The van der Waals surface area contributed by atoms with Crippen molar-refractivity contribution in [2.24, 2.45) is 0 Å². The monoisotopic (exact) mass is 310 g/mol. The summed E-state index contributed by atoms with van der Waals surface area (Å²) in [7, 11) is -3.55. The van der Waals surface area contributed by atoms with Crippen molar-refractivity contribution >= 4 is 15.8 Å². The molecule has 0 spiro atoms. The highest BCUT2D eigenvalue weighted by atomic mass is 32.2. The first kappa shape index (κ1) is 13.4. The Kier molecular flexibility index (Phi) is 2.87. The van der Waals surface area contributed by atoms with Gasteiger partial charge in [-0.15, -0.1) is 0 Å². The molecule has 0 saturated heterocycles. The van der Waals surface area contributed by atoms with Crippen LogP contribution in [0.1, 0.15) is 10.5 Å². The average molecular weight is 310 g/mol. The first-order chi connectivity index (χ1) is 9.86. The van der Waals surface area contributed by atoms with Crippen LogP contribution in [0.15, 0.2) is 23.1 Å². The van der Waals surface area contributed by atoms with Crippen molar-refractivity contribution in [1.82, 2.24) is 10.2 Å². The minimum atomic E-state index is -3.55. The second-order valence-corrected chi connectivity index (χ2v) is 6.43. The summed E-state index contributed by atoms with van der Waals surface area (Å²) in [4.78, 5) is 10.9. The van der Waals surface area contributed by atoms with Crippen LogP contribution >= 0.6 is 0 Å². The molecule has 0 radical (unpaired) electrons. The third kappa shape index (κ3) is 2.31. The molecular weight excluding hydrogens is 300 g/mol. The lowest BCUT2D eigenvalue weighted by Gasteiger charge is -2.07. The molecule has 21 heavy (non-hydrogen) atoms. The molecule has 2 N–H and O–H groups in total. The minimum absolute atomic E-state index is 0.00291. The van der Waals surface area contributed by atoms with E-state index in [4.69, 9.17) is 14.6 Å². The van der Waals surface area contributed by atoms with Crippen molar-refractivity contribution in [2.75, 3.05) is 13.0 Å². The van der Waals surface area contributed by atoms with Gasteiger partial charge in [0.1, 0.15) is 5.69 Å². The second kappa shape index (κ2) is 4.48. The predicted molar refractivity (Wildman–Crippen MR) is 70.2 cm³/mol. The van der Waals surface area contributed by atoms with E-state index in [1.165, 1.54) is 18.2 Å². The molecule has 110 valence electrons. The number of hydrogen-bond donors (Lipinski definition) is 2. The van der Waals surface area contributed by atoms with Gasteiger partial charge in [0, 0.05) is 17.9 Å². The van der Waals surface area contributed by atoms with Gasteiger partial charge in [0.2, 0.25) is 6.79 Å². The fourth-order valence-corrected chi connectivity index (χ4v) is 2.88. The largest absolute Gasteiger partial charge is 0.477 e. The van der Waals surface area contributed by atoms with Crippen LogP contribution in [0.3, 0.4) is 0 Å². The van der Waals surface area contributed by atoms with Crippen molar-refractivity contribution in [3.63, 3.8) is 0 Å². The average Bonchev–Trinajstić information content (AvgIpc) is 3.04. The van der Waals surface area contributed by atoms with E-state index >= 15 is 0 Å². The summed E-state index contributed by atoms with van der Waals surface area (Å²) in [6.07, 6.45) is 1.05. The van der Waals surface area contributed by atoms with Gasteiger partial charge in [-0.3, -0.25) is 5.10 Å². The zero-order valence-corrected chi connectivity index (χ0v) is 11.6. The molecule has 1 aliphatic heterocycles. The van der Waals surface area contributed by atoms with E-state index in [1.807, 2.05) is 0 Å². The van der Waals surface area contributed by atoms with Gasteiger partial charge >= 0.3 is 5.97 Å². The van der Waals surface area contributed by atoms with Gasteiger partial charge in [-0.25, -0.2) is 13.2 Å². The highest BCUT2D eigenvalue weighted by Crippen LogP contribution is 2.40. The molecule has 0 amide bonds. The van der Waals surface area contributed by atoms with Crippen molar-refractivity contribution in [2.45, 2.75) is 4.90 Å². The first-order valence-corrected chi connectivity index (χ1v) is 7.68. The molecule has 1 aromatic heterocycles. The van der Waals surface area contributed by atoms with Crippen LogP contribution in [0.4, 0.5) is 0 Å². The Bertz CT molecular complexity index is 839. The van der Waals surface area contributed by atoms with Crippen LogP contribution in [0, 0.1) is 0 Å². The summed E-state index contributed by atoms with van der Waals surface area (Å²) in [6, 6.07) is 4.08. The molecule has 9 heteroatoms. The van der Waals surface area contributed by atoms with E-state index in [0.717, 1.165) is 6.26 Å². The molecule has 2 heterocycles. The molecule has 1 aromatic carbocycles. The number of carboxylic acid groups (broad SMARTS) is 1. The number of H-pyrrole nitrogens is 1. The zero-order chi connectivity index (χ0) is 15.2. The number of carbonyl (C=O) groups is 1. The summed E-state index contributed by atoms with van der Waals surface area (Å²) in [5.74, 6) is -0.471. The third-order valence-corrected chi connectivity index (χ3v) is 4.10. The van der Waals surface area contributed by atoms with Crippen LogP contribution in [0.2, 0.25) is 0 Å². The van der Waals surface area contributed by atoms with Gasteiger partial charge in [-0.1, -0.05) is 0 Å². The van der Waals surface area contributed by atoms with Gasteiger partial charge in [-0.2, -0.15) is 5.10 Å². The summed E-state index contributed by atoms with van der Waals surface area (Å²) in [5, 5.41) is 15.1.